The number of hydrogen-bond donors (Lipinski definition) is 5. The van der Waals surface area contributed by atoms with E-state index in [2.05, 4.69) is 19.8 Å². The zero-order chi connectivity index (χ0) is 31.3. The second-order valence-corrected chi connectivity index (χ2v) is 11.6. The Hall–Kier alpha value is -4.82. The highest BCUT2D eigenvalue weighted by molar-refractivity contribution is 7.86. The lowest BCUT2D eigenvalue weighted by atomic mass is 9.80. The maximum Gasteiger partial charge on any atom is 0.354 e. The van der Waals surface area contributed by atoms with Crippen LogP contribution in [0.2, 0.25) is 0 Å². The van der Waals surface area contributed by atoms with Gasteiger partial charge in [0.15, 0.2) is 0 Å². The molecular formula is C29H31N5O8S. The molecule has 1 fully saturated rings. The summed E-state index contributed by atoms with van der Waals surface area (Å²) in [7, 11) is -2.89. The first-order valence-electron chi connectivity index (χ1n) is 13.2. The third kappa shape index (κ3) is 7.53. The van der Waals surface area contributed by atoms with Crippen molar-refractivity contribution >= 4 is 39.4 Å². The van der Waals surface area contributed by atoms with Crippen LogP contribution < -0.4 is 21.1 Å². The van der Waals surface area contributed by atoms with E-state index in [1.165, 1.54) is 37.4 Å². The molecule has 1 unspecified atom stereocenters. The Bertz CT molecular complexity index is 1670. The quantitative estimate of drug-likeness (QED) is 0.122. The largest absolute Gasteiger partial charge is 0.481 e. The smallest absolute Gasteiger partial charge is 0.354 e. The molecule has 43 heavy (non-hydrogen) atoms. The van der Waals surface area contributed by atoms with Crippen LogP contribution in [0.1, 0.15) is 56.0 Å². The predicted molar refractivity (Wildman–Crippen MR) is 158 cm³/mol. The van der Waals surface area contributed by atoms with Gasteiger partial charge in [0.05, 0.1) is 31.6 Å². The minimum absolute atomic E-state index is 0.0139. The third-order valence-electron chi connectivity index (χ3n) is 7.00. The molecule has 0 aliphatic heterocycles. The van der Waals surface area contributed by atoms with Crippen molar-refractivity contribution in [1.82, 2.24) is 10.3 Å². The van der Waals surface area contributed by atoms with Crippen LogP contribution in [0.15, 0.2) is 54.6 Å². The van der Waals surface area contributed by atoms with Crippen LogP contribution in [-0.4, -0.2) is 68.1 Å². The number of amidine groups is 1. The first kappa shape index (κ1) is 31.1. The van der Waals surface area contributed by atoms with E-state index in [4.69, 9.17) is 15.9 Å². The van der Waals surface area contributed by atoms with E-state index in [-0.39, 0.29) is 52.2 Å². The van der Waals surface area contributed by atoms with Gasteiger partial charge >= 0.3 is 16.1 Å². The highest BCUT2D eigenvalue weighted by Gasteiger charge is 2.29. The summed E-state index contributed by atoms with van der Waals surface area (Å²) in [4.78, 5) is 43.9. The van der Waals surface area contributed by atoms with Crippen molar-refractivity contribution in [1.29, 1.82) is 5.41 Å². The Balaban J connectivity index is 1.76. The van der Waals surface area contributed by atoms with E-state index in [1.807, 2.05) is 0 Å². The highest BCUT2D eigenvalue weighted by Crippen LogP contribution is 2.32. The Morgan fingerprint density at radius 3 is 2.26 bits per heavy atom. The topological polar surface area (TPSA) is 211 Å². The SMILES string of the molecule is COc1ccc(-c2ccc(C(=O)NC(CO)C3CCC3)cc2C(=O)OS(C)(=O)=O)c(C(=O)Nc2ccc(C(=N)N)cc2)n1. The molecule has 1 aliphatic carbocycles. The number of aliphatic hydroxyl groups is 1. The fourth-order valence-electron chi connectivity index (χ4n) is 4.55. The number of carbonyl (C=O) groups excluding carboxylic acids is 3. The van der Waals surface area contributed by atoms with Crippen LogP contribution in [0.25, 0.3) is 11.1 Å². The highest BCUT2D eigenvalue weighted by atomic mass is 32.2. The molecule has 0 spiro atoms. The van der Waals surface area contributed by atoms with Gasteiger partial charge in [-0.2, -0.15) is 8.42 Å². The molecule has 226 valence electrons. The number of methoxy groups -OCH3 is 1. The van der Waals surface area contributed by atoms with E-state index in [0.717, 1.165) is 19.3 Å². The predicted octanol–water partition coefficient (Wildman–Crippen LogP) is 2.30. The first-order chi connectivity index (χ1) is 20.4. The number of rotatable bonds is 11. The lowest BCUT2D eigenvalue weighted by Gasteiger charge is -2.33. The fourth-order valence-corrected chi connectivity index (χ4v) is 4.91. The van der Waals surface area contributed by atoms with Crippen molar-refractivity contribution in [2.75, 3.05) is 25.3 Å². The van der Waals surface area contributed by atoms with Crippen molar-refractivity contribution < 1.29 is 36.8 Å². The zero-order valence-corrected chi connectivity index (χ0v) is 24.2. The Morgan fingerprint density at radius 1 is 1.05 bits per heavy atom. The molecule has 13 nitrogen and oxygen atoms in total. The lowest BCUT2D eigenvalue weighted by Crippen LogP contribution is -2.45. The number of aromatic nitrogens is 1. The summed E-state index contributed by atoms with van der Waals surface area (Å²) in [6, 6.07) is 12.6. The minimum atomic E-state index is -4.24. The number of benzene rings is 2. The Morgan fingerprint density at radius 2 is 1.70 bits per heavy atom. The molecule has 2 aromatic carbocycles. The van der Waals surface area contributed by atoms with Crippen LogP contribution in [0.3, 0.4) is 0 Å². The van der Waals surface area contributed by atoms with Gasteiger partial charge in [0, 0.05) is 28.4 Å². The summed E-state index contributed by atoms with van der Waals surface area (Å²) in [6.45, 7) is -0.259. The first-order valence-corrected chi connectivity index (χ1v) is 15.0. The number of anilines is 1. The molecule has 0 radical (unpaired) electrons. The van der Waals surface area contributed by atoms with Crippen LogP contribution >= 0.6 is 0 Å². The monoisotopic (exact) mass is 609 g/mol. The Kier molecular flexibility index (Phi) is 9.41. The third-order valence-corrected chi connectivity index (χ3v) is 7.45. The number of amides is 2. The summed E-state index contributed by atoms with van der Waals surface area (Å²) in [5, 5.41) is 22.7. The van der Waals surface area contributed by atoms with E-state index < -0.39 is 33.9 Å². The average molecular weight is 610 g/mol. The number of aliphatic hydroxyl groups excluding tert-OH is 1. The molecule has 3 aromatic rings. The number of hydrogen-bond acceptors (Lipinski definition) is 10. The molecule has 1 atom stereocenters. The maximum absolute atomic E-state index is 13.4. The van der Waals surface area contributed by atoms with Gasteiger partial charge in [-0.1, -0.05) is 12.5 Å². The molecule has 2 amide bonds. The molecular weight excluding hydrogens is 578 g/mol. The van der Waals surface area contributed by atoms with Crippen molar-refractivity contribution in [3.8, 4) is 17.0 Å². The summed E-state index contributed by atoms with van der Waals surface area (Å²) >= 11 is 0. The lowest BCUT2D eigenvalue weighted by molar-refractivity contribution is 0.0748. The van der Waals surface area contributed by atoms with Gasteiger partial charge in [-0.25, -0.2) is 9.78 Å². The zero-order valence-electron chi connectivity index (χ0n) is 23.4. The summed E-state index contributed by atoms with van der Waals surface area (Å²) in [5.41, 5.74) is 6.02. The molecule has 4 rings (SSSR count). The standard InChI is InChI=1S/C29H31N5O8S/c1-41-24-13-12-21(25(34-24)28(37)32-19-9-6-17(7-10-19)26(30)31)20-11-8-18(14-22(20)29(38)42-43(2,39)40)27(36)33-23(15-35)16-4-3-5-16/h6-14,16,23,35H,3-5,15H2,1-2H3,(H3,30,31)(H,32,37)(H,33,36). The maximum atomic E-state index is 13.4. The number of nitrogens with two attached hydrogens (primary N) is 1. The molecule has 1 heterocycles. The Labute approximate surface area is 248 Å². The molecule has 1 aromatic heterocycles. The number of carbonyl (C=O) groups is 3. The average Bonchev–Trinajstić information content (AvgIpc) is 2.94. The number of nitrogen functional groups attached to an aromatic ring is 1. The molecule has 1 aliphatic rings. The van der Waals surface area contributed by atoms with Gasteiger partial charge in [0.2, 0.25) is 5.88 Å². The van der Waals surface area contributed by atoms with Gasteiger partial charge in [-0.15, -0.1) is 0 Å². The normalized spacial score (nSPS) is 13.7. The van der Waals surface area contributed by atoms with Gasteiger partial charge in [0.1, 0.15) is 11.5 Å². The second kappa shape index (κ2) is 13.0. The van der Waals surface area contributed by atoms with E-state index in [1.54, 1.807) is 24.3 Å². The molecule has 6 N–H and O–H groups in total. The summed E-state index contributed by atoms with van der Waals surface area (Å²) in [6.07, 6.45) is 3.44. The summed E-state index contributed by atoms with van der Waals surface area (Å²) < 4.78 is 33.5. The van der Waals surface area contributed by atoms with Crippen molar-refractivity contribution in [2.24, 2.45) is 11.7 Å². The molecule has 1 saturated carbocycles. The minimum Gasteiger partial charge on any atom is -0.481 e. The molecule has 14 heteroatoms. The van der Waals surface area contributed by atoms with E-state index in [0.29, 0.717) is 17.5 Å². The van der Waals surface area contributed by atoms with Crippen molar-refractivity contribution in [3.63, 3.8) is 0 Å². The number of nitrogens with zero attached hydrogens (tertiary/aromatic N) is 1. The number of ether oxygens (including phenoxy) is 1. The summed E-state index contributed by atoms with van der Waals surface area (Å²) in [5.74, 6) is -2.47. The van der Waals surface area contributed by atoms with Crippen molar-refractivity contribution in [3.05, 3.63) is 77.0 Å². The van der Waals surface area contributed by atoms with Crippen LogP contribution in [0.5, 0.6) is 5.88 Å². The van der Waals surface area contributed by atoms with Crippen LogP contribution in [0, 0.1) is 11.3 Å². The van der Waals surface area contributed by atoms with E-state index >= 15 is 0 Å². The van der Waals surface area contributed by atoms with Gasteiger partial charge in [-0.3, -0.25) is 15.0 Å². The molecule has 0 bridgehead atoms. The van der Waals surface area contributed by atoms with E-state index in [9.17, 15) is 27.9 Å². The van der Waals surface area contributed by atoms with Gasteiger partial charge in [-0.05, 0) is 66.8 Å². The number of pyridine rings is 1. The second-order valence-electron chi connectivity index (χ2n) is 9.98. The molecule has 0 saturated heterocycles. The van der Waals surface area contributed by atoms with Crippen LogP contribution in [0.4, 0.5) is 5.69 Å². The fraction of sp³-hybridized carbons (Fsp3) is 0.276. The van der Waals surface area contributed by atoms with Gasteiger partial charge in [0.25, 0.3) is 11.8 Å². The number of nitrogens with one attached hydrogen (secondary N) is 3. The van der Waals surface area contributed by atoms with Crippen LogP contribution in [-0.2, 0) is 14.3 Å². The van der Waals surface area contributed by atoms with Gasteiger partial charge < -0.3 is 30.4 Å². The van der Waals surface area contributed by atoms with Crippen molar-refractivity contribution in [2.45, 2.75) is 25.3 Å².